The normalized spacial score (nSPS) is 28.5. The fourth-order valence-electron chi connectivity index (χ4n) is 4.23. The lowest BCUT2D eigenvalue weighted by Gasteiger charge is -2.41. The molecule has 1 aromatic heterocycles. The fraction of sp³-hybridized carbons (Fsp3) is 0.778. The van der Waals surface area contributed by atoms with Crippen molar-refractivity contribution >= 4 is 11.8 Å². The Morgan fingerprint density at radius 2 is 2.07 bits per heavy atom. The fourth-order valence-corrected chi connectivity index (χ4v) is 4.23. The van der Waals surface area contributed by atoms with Crippen LogP contribution in [0.3, 0.4) is 0 Å². The number of aromatic nitrogens is 2. The summed E-state index contributed by atoms with van der Waals surface area (Å²) < 4.78 is 53.6. The van der Waals surface area contributed by atoms with Gasteiger partial charge >= 0.3 is 6.18 Å². The van der Waals surface area contributed by atoms with Gasteiger partial charge in [-0.05, 0) is 26.2 Å². The molecule has 1 unspecified atom stereocenters. The summed E-state index contributed by atoms with van der Waals surface area (Å²) in [5.41, 5.74) is -0.323. The van der Waals surface area contributed by atoms with Crippen LogP contribution in [0.15, 0.2) is 10.9 Å². The van der Waals surface area contributed by atoms with Gasteiger partial charge < -0.3 is 19.3 Å². The van der Waals surface area contributed by atoms with Gasteiger partial charge in [0.25, 0.3) is 5.56 Å². The number of rotatable bonds is 3. The van der Waals surface area contributed by atoms with Crippen LogP contribution in [-0.2, 0) is 16.0 Å². The zero-order valence-electron chi connectivity index (χ0n) is 15.8. The van der Waals surface area contributed by atoms with Crippen LogP contribution in [0.4, 0.5) is 24.9 Å². The molecule has 4 rings (SSSR count). The first-order chi connectivity index (χ1) is 13.3. The largest absolute Gasteiger partial charge is 0.408 e. The summed E-state index contributed by atoms with van der Waals surface area (Å²) in [5.74, 6) is 0.498. The second-order valence-corrected chi connectivity index (χ2v) is 7.66. The lowest BCUT2D eigenvalue weighted by Crippen LogP contribution is -2.55. The van der Waals surface area contributed by atoms with Crippen LogP contribution in [0.2, 0.25) is 0 Å². The Balaban J connectivity index is 1.73. The molecule has 10 heteroatoms. The van der Waals surface area contributed by atoms with E-state index in [0.717, 1.165) is 6.42 Å². The summed E-state index contributed by atoms with van der Waals surface area (Å²) in [4.78, 5) is 20.4. The third-order valence-electron chi connectivity index (χ3n) is 5.70. The standard InChI is InChI=1S/C18H25F3N4O3/c1-12-11-27-8-6-23(12)15-9-16(26)24-5-4-14(18(19,20)21)25(17(24)22-15)10-13-3-2-7-28-13/h9,12-14H,2-8,10-11H2,1H3/t12-,13?,14+/m1/s1. The highest BCUT2D eigenvalue weighted by Crippen LogP contribution is 2.35. The van der Waals surface area contributed by atoms with Crippen molar-refractivity contribution in [2.24, 2.45) is 0 Å². The Kier molecular flexibility index (Phi) is 5.26. The Morgan fingerprint density at radius 3 is 2.75 bits per heavy atom. The van der Waals surface area contributed by atoms with Crippen LogP contribution >= 0.6 is 0 Å². The molecule has 3 aliphatic heterocycles. The summed E-state index contributed by atoms with van der Waals surface area (Å²) in [7, 11) is 0. The Bertz CT molecular complexity index is 763. The van der Waals surface area contributed by atoms with Crippen molar-refractivity contribution in [3.05, 3.63) is 16.4 Å². The molecule has 0 aliphatic carbocycles. The number of fused-ring (bicyclic) bond motifs is 1. The van der Waals surface area contributed by atoms with Gasteiger partial charge in [-0.15, -0.1) is 0 Å². The van der Waals surface area contributed by atoms with E-state index in [0.29, 0.717) is 38.6 Å². The Morgan fingerprint density at radius 1 is 1.25 bits per heavy atom. The van der Waals surface area contributed by atoms with E-state index in [1.807, 2.05) is 11.8 Å². The number of halogens is 3. The van der Waals surface area contributed by atoms with Crippen LogP contribution in [-0.4, -0.2) is 66.8 Å². The van der Waals surface area contributed by atoms with Crippen LogP contribution in [0, 0.1) is 0 Å². The van der Waals surface area contributed by atoms with Crippen molar-refractivity contribution in [2.75, 3.05) is 42.7 Å². The van der Waals surface area contributed by atoms with Gasteiger partial charge in [-0.1, -0.05) is 0 Å². The van der Waals surface area contributed by atoms with Crippen molar-refractivity contribution in [1.82, 2.24) is 9.55 Å². The van der Waals surface area contributed by atoms with E-state index in [4.69, 9.17) is 9.47 Å². The van der Waals surface area contributed by atoms with Gasteiger partial charge in [0.05, 0.1) is 25.4 Å². The maximum Gasteiger partial charge on any atom is 0.408 e. The van der Waals surface area contributed by atoms with Crippen molar-refractivity contribution in [3.63, 3.8) is 0 Å². The highest BCUT2D eigenvalue weighted by Gasteiger charge is 2.47. The van der Waals surface area contributed by atoms with Gasteiger partial charge in [0.15, 0.2) is 0 Å². The van der Waals surface area contributed by atoms with Crippen LogP contribution in [0.25, 0.3) is 0 Å². The van der Waals surface area contributed by atoms with Gasteiger partial charge in [-0.2, -0.15) is 18.2 Å². The van der Waals surface area contributed by atoms with E-state index < -0.39 is 12.2 Å². The zero-order chi connectivity index (χ0) is 19.9. The molecule has 2 fully saturated rings. The minimum absolute atomic E-state index is 0.00248. The molecule has 0 amide bonds. The molecule has 3 aliphatic rings. The molecule has 0 N–H and O–H groups in total. The molecule has 28 heavy (non-hydrogen) atoms. The van der Waals surface area contributed by atoms with Crippen molar-refractivity contribution in [2.45, 2.75) is 57.1 Å². The second kappa shape index (κ2) is 7.55. The average Bonchev–Trinajstić information content (AvgIpc) is 3.14. The number of alkyl halides is 3. The molecule has 0 spiro atoms. The van der Waals surface area contributed by atoms with Crippen LogP contribution < -0.4 is 15.4 Å². The third-order valence-corrected chi connectivity index (χ3v) is 5.70. The number of anilines is 2. The average molecular weight is 402 g/mol. The number of ether oxygens (including phenoxy) is 2. The van der Waals surface area contributed by atoms with E-state index in [2.05, 4.69) is 4.98 Å². The minimum Gasteiger partial charge on any atom is -0.377 e. The molecule has 3 atom stereocenters. The summed E-state index contributed by atoms with van der Waals surface area (Å²) in [5, 5.41) is 0. The van der Waals surface area contributed by atoms with Crippen molar-refractivity contribution in [1.29, 1.82) is 0 Å². The molecular formula is C18H25F3N4O3. The van der Waals surface area contributed by atoms with Gasteiger partial charge in [-0.3, -0.25) is 9.36 Å². The van der Waals surface area contributed by atoms with E-state index >= 15 is 0 Å². The summed E-state index contributed by atoms with van der Waals surface area (Å²) in [6.45, 7) is 4.12. The van der Waals surface area contributed by atoms with Gasteiger partial charge in [-0.25, -0.2) is 0 Å². The molecular weight excluding hydrogens is 377 g/mol. The highest BCUT2D eigenvalue weighted by molar-refractivity contribution is 5.47. The Labute approximate surface area is 161 Å². The van der Waals surface area contributed by atoms with Gasteiger partial charge in [0, 0.05) is 32.3 Å². The molecule has 7 nitrogen and oxygen atoms in total. The van der Waals surface area contributed by atoms with E-state index in [-0.39, 0.29) is 43.2 Å². The first-order valence-electron chi connectivity index (χ1n) is 9.76. The SMILES string of the molecule is C[C@@H]1COCCN1c1cc(=O)n2c(n1)N(CC1CCCO1)[C@H](C(F)(F)F)CC2. The summed E-state index contributed by atoms with van der Waals surface area (Å²) in [6, 6.07) is -0.248. The lowest BCUT2D eigenvalue weighted by molar-refractivity contribution is -0.153. The number of hydrogen-bond acceptors (Lipinski definition) is 6. The number of nitrogens with zero attached hydrogens (tertiary/aromatic N) is 4. The molecule has 0 saturated carbocycles. The quantitative estimate of drug-likeness (QED) is 0.768. The van der Waals surface area contributed by atoms with Crippen molar-refractivity contribution in [3.8, 4) is 0 Å². The van der Waals surface area contributed by atoms with E-state index in [1.54, 1.807) is 0 Å². The molecule has 0 radical (unpaired) electrons. The topological polar surface area (TPSA) is 59.8 Å². The van der Waals surface area contributed by atoms with E-state index in [1.165, 1.54) is 15.5 Å². The zero-order valence-corrected chi connectivity index (χ0v) is 15.8. The molecule has 0 bridgehead atoms. The minimum atomic E-state index is -4.40. The summed E-state index contributed by atoms with van der Waals surface area (Å²) >= 11 is 0. The van der Waals surface area contributed by atoms with Crippen molar-refractivity contribution < 1.29 is 22.6 Å². The maximum atomic E-state index is 13.8. The molecule has 156 valence electrons. The summed E-state index contributed by atoms with van der Waals surface area (Å²) in [6.07, 6.45) is -3.30. The maximum absolute atomic E-state index is 13.8. The number of morpholine rings is 1. The smallest absolute Gasteiger partial charge is 0.377 e. The molecule has 4 heterocycles. The van der Waals surface area contributed by atoms with Crippen LogP contribution in [0.1, 0.15) is 26.2 Å². The predicted molar refractivity (Wildman–Crippen MR) is 96.9 cm³/mol. The predicted octanol–water partition coefficient (Wildman–Crippen LogP) is 1.79. The van der Waals surface area contributed by atoms with Gasteiger partial charge in [0.1, 0.15) is 11.9 Å². The first kappa shape index (κ1) is 19.5. The molecule has 2 saturated heterocycles. The second-order valence-electron chi connectivity index (χ2n) is 7.66. The first-order valence-corrected chi connectivity index (χ1v) is 9.76. The monoisotopic (exact) mass is 402 g/mol. The Hall–Kier alpha value is -1.81. The third kappa shape index (κ3) is 3.71. The lowest BCUT2D eigenvalue weighted by atomic mass is 10.1. The van der Waals surface area contributed by atoms with E-state index in [9.17, 15) is 18.0 Å². The number of hydrogen-bond donors (Lipinski definition) is 0. The molecule has 0 aromatic carbocycles. The highest BCUT2D eigenvalue weighted by atomic mass is 19.4. The van der Waals surface area contributed by atoms with Gasteiger partial charge in [0.2, 0.25) is 5.95 Å². The van der Waals surface area contributed by atoms with Crippen LogP contribution in [0.5, 0.6) is 0 Å². The molecule has 1 aromatic rings.